The molecule has 1 fully saturated rings. The van der Waals surface area contributed by atoms with E-state index in [1.165, 1.54) is 17.4 Å². The van der Waals surface area contributed by atoms with Crippen molar-refractivity contribution < 1.29 is 19.4 Å². The van der Waals surface area contributed by atoms with Gasteiger partial charge < -0.3 is 15.2 Å². The summed E-state index contributed by atoms with van der Waals surface area (Å²) in [5.74, 6) is -1.11. The summed E-state index contributed by atoms with van der Waals surface area (Å²) >= 11 is 1.30. The molecular formula is C15H19NO4S. The average Bonchev–Trinajstić information content (AvgIpc) is 3.06. The zero-order valence-electron chi connectivity index (χ0n) is 11.9. The molecule has 6 heteroatoms. The molecule has 0 aromatic carbocycles. The molecule has 2 N–H and O–H groups in total. The fourth-order valence-corrected chi connectivity index (χ4v) is 3.22. The molecule has 1 saturated heterocycles. The number of hydrogen-bond donors (Lipinski definition) is 2. The second-order valence-electron chi connectivity index (χ2n) is 5.01. The van der Waals surface area contributed by atoms with Crippen molar-refractivity contribution in [1.29, 1.82) is 0 Å². The number of rotatable bonds is 6. The number of carboxylic acids is 1. The number of hydrogen-bond acceptors (Lipinski definition) is 4. The predicted octanol–water partition coefficient (Wildman–Crippen LogP) is 2.45. The highest BCUT2D eigenvalue weighted by atomic mass is 32.1. The lowest BCUT2D eigenvalue weighted by molar-refractivity contribution is -0.131. The third-order valence-corrected chi connectivity index (χ3v) is 4.53. The first-order chi connectivity index (χ1) is 10.1. The van der Waals surface area contributed by atoms with Crippen LogP contribution in [0.1, 0.15) is 39.4 Å². The van der Waals surface area contributed by atoms with Crippen LogP contribution in [0.25, 0.3) is 6.08 Å². The molecule has 114 valence electrons. The van der Waals surface area contributed by atoms with Crippen LogP contribution in [-0.2, 0) is 9.53 Å². The first-order valence-electron chi connectivity index (χ1n) is 6.97. The topological polar surface area (TPSA) is 75.6 Å². The SMILES string of the molecule is Cc1cc(C(=O)NCCC2CCCO2)sc1/C=C/C(=O)O. The smallest absolute Gasteiger partial charge is 0.328 e. The highest BCUT2D eigenvalue weighted by Crippen LogP contribution is 2.23. The van der Waals surface area contributed by atoms with Crippen molar-refractivity contribution in [3.63, 3.8) is 0 Å². The Kier molecular flexibility index (Phi) is 5.52. The van der Waals surface area contributed by atoms with Crippen LogP contribution in [0.2, 0.25) is 0 Å². The summed E-state index contributed by atoms with van der Waals surface area (Å²) < 4.78 is 5.50. The first-order valence-corrected chi connectivity index (χ1v) is 7.79. The van der Waals surface area contributed by atoms with Gasteiger partial charge in [0.25, 0.3) is 5.91 Å². The third-order valence-electron chi connectivity index (χ3n) is 3.33. The lowest BCUT2D eigenvalue weighted by atomic mass is 10.2. The Morgan fingerprint density at radius 2 is 2.38 bits per heavy atom. The number of aryl methyl sites for hydroxylation is 1. The summed E-state index contributed by atoms with van der Waals surface area (Å²) in [6.07, 6.45) is 5.87. The highest BCUT2D eigenvalue weighted by molar-refractivity contribution is 7.15. The fourth-order valence-electron chi connectivity index (χ4n) is 2.23. The lowest BCUT2D eigenvalue weighted by Crippen LogP contribution is -2.26. The zero-order chi connectivity index (χ0) is 15.2. The van der Waals surface area contributed by atoms with Crippen LogP contribution >= 0.6 is 11.3 Å². The summed E-state index contributed by atoms with van der Waals surface area (Å²) in [5.41, 5.74) is 0.904. The van der Waals surface area contributed by atoms with Gasteiger partial charge in [-0.05, 0) is 43.9 Å². The van der Waals surface area contributed by atoms with Gasteiger partial charge in [0.1, 0.15) is 0 Å². The summed E-state index contributed by atoms with van der Waals surface area (Å²) in [5, 5.41) is 11.5. The second kappa shape index (κ2) is 7.38. The maximum Gasteiger partial charge on any atom is 0.328 e. The Balaban J connectivity index is 1.87. The highest BCUT2D eigenvalue weighted by Gasteiger charge is 2.16. The molecule has 1 unspecified atom stereocenters. The van der Waals surface area contributed by atoms with Gasteiger partial charge in [0, 0.05) is 24.1 Å². The number of carbonyl (C=O) groups excluding carboxylic acids is 1. The van der Waals surface area contributed by atoms with Crippen molar-refractivity contribution in [3.05, 3.63) is 27.5 Å². The molecule has 1 atom stereocenters. The van der Waals surface area contributed by atoms with E-state index >= 15 is 0 Å². The largest absolute Gasteiger partial charge is 0.478 e. The number of carboxylic acid groups (broad SMARTS) is 1. The minimum Gasteiger partial charge on any atom is -0.478 e. The van der Waals surface area contributed by atoms with Crippen molar-refractivity contribution in [2.75, 3.05) is 13.2 Å². The molecule has 0 bridgehead atoms. The molecule has 1 aliphatic rings. The van der Waals surface area contributed by atoms with Gasteiger partial charge in [-0.1, -0.05) is 0 Å². The molecule has 0 saturated carbocycles. The second-order valence-corrected chi connectivity index (χ2v) is 6.09. The monoisotopic (exact) mass is 309 g/mol. The number of ether oxygens (including phenoxy) is 1. The molecule has 1 aliphatic heterocycles. The quantitative estimate of drug-likeness (QED) is 0.792. The first kappa shape index (κ1) is 15.7. The maximum atomic E-state index is 12.0. The summed E-state index contributed by atoms with van der Waals surface area (Å²) in [6.45, 7) is 3.28. The van der Waals surface area contributed by atoms with Crippen LogP contribution in [0.5, 0.6) is 0 Å². The Hall–Kier alpha value is -1.66. The summed E-state index contributed by atoms with van der Waals surface area (Å²) in [6, 6.07) is 1.79. The molecule has 2 rings (SSSR count). The minimum absolute atomic E-state index is 0.115. The third kappa shape index (κ3) is 4.68. The fraction of sp³-hybridized carbons (Fsp3) is 0.467. The number of amides is 1. The molecule has 21 heavy (non-hydrogen) atoms. The minimum atomic E-state index is -0.995. The van der Waals surface area contributed by atoms with Crippen LogP contribution in [0.15, 0.2) is 12.1 Å². The Morgan fingerprint density at radius 3 is 3.05 bits per heavy atom. The van der Waals surface area contributed by atoms with E-state index in [0.717, 1.165) is 42.4 Å². The molecule has 1 aromatic rings. The Bertz CT molecular complexity index is 544. The molecule has 1 amide bonds. The van der Waals surface area contributed by atoms with Crippen molar-refractivity contribution >= 4 is 29.3 Å². The number of aliphatic carboxylic acids is 1. The molecule has 0 radical (unpaired) electrons. The van der Waals surface area contributed by atoms with Gasteiger partial charge >= 0.3 is 5.97 Å². The van der Waals surface area contributed by atoms with Crippen molar-refractivity contribution in [2.45, 2.75) is 32.3 Å². The van der Waals surface area contributed by atoms with Crippen molar-refractivity contribution in [3.8, 4) is 0 Å². The van der Waals surface area contributed by atoms with Gasteiger partial charge in [0.05, 0.1) is 11.0 Å². The van der Waals surface area contributed by atoms with Gasteiger partial charge in [-0.3, -0.25) is 4.79 Å². The van der Waals surface area contributed by atoms with Gasteiger partial charge in [0.15, 0.2) is 0 Å². The van der Waals surface area contributed by atoms with E-state index < -0.39 is 5.97 Å². The van der Waals surface area contributed by atoms with Gasteiger partial charge in [-0.2, -0.15) is 0 Å². The summed E-state index contributed by atoms with van der Waals surface area (Å²) in [4.78, 5) is 24.0. The molecular weight excluding hydrogens is 290 g/mol. The molecule has 1 aromatic heterocycles. The maximum absolute atomic E-state index is 12.0. The van der Waals surface area contributed by atoms with Crippen LogP contribution < -0.4 is 5.32 Å². The molecule has 2 heterocycles. The zero-order valence-corrected chi connectivity index (χ0v) is 12.7. The Labute approximate surface area is 127 Å². The number of thiophene rings is 1. The van der Waals surface area contributed by atoms with E-state index in [2.05, 4.69) is 5.32 Å². The number of nitrogens with one attached hydrogen (secondary N) is 1. The van der Waals surface area contributed by atoms with Crippen LogP contribution in [0.3, 0.4) is 0 Å². The van der Waals surface area contributed by atoms with Gasteiger partial charge in [0.2, 0.25) is 0 Å². The van der Waals surface area contributed by atoms with E-state index in [1.807, 2.05) is 6.92 Å². The van der Waals surface area contributed by atoms with E-state index in [0.29, 0.717) is 11.4 Å². The van der Waals surface area contributed by atoms with Crippen LogP contribution in [0.4, 0.5) is 0 Å². The van der Waals surface area contributed by atoms with E-state index in [1.54, 1.807) is 6.07 Å². The van der Waals surface area contributed by atoms with Gasteiger partial charge in [-0.15, -0.1) is 11.3 Å². The van der Waals surface area contributed by atoms with Crippen LogP contribution in [-0.4, -0.2) is 36.2 Å². The normalized spacial score (nSPS) is 18.2. The molecule has 5 nitrogen and oxygen atoms in total. The Morgan fingerprint density at radius 1 is 1.57 bits per heavy atom. The standard InChI is InChI=1S/C15H19NO4S/c1-10-9-13(21-12(10)4-5-14(17)18)15(19)16-7-6-11-3-2-8-20-11/h4-5,9,11H,2-3,6-8H2,1H3,(H,16,19)(H,17,18)/b5-4+. The summed E-state index contributed by atoms with van der Waals surface area (Å²) in [7, 11) is 0. The van der Waals surface area contributed by atoms with Crippen LogP contribution in [0, 0.1) is 6.92 Å². The van der Waals surface area contributed by atoms with E-state index in [4.69, 9.17) is 9.84 Å². The number of carbonyl (C=O) groups is 2. The van der Waals surface area contributed by atoms with E-state index in [9.17, 15) is 9.59 Å². The molecule has 0 spiro atoms. The lowest BCUT2D eigenvalue weighted by Gasteiger charge is -2.09. The predicted molar refractivity (Wildman–Crippen MR) is 81.7 cm³/mol. The van der Waals surface area contributed by atoms with Gasteiger partial charge in [-0.25, -0.2) is 4.79 Å². The average molecular weight is 309 g/mol. The van der Waals surface area contributed by atoms with Crippen molar-refractivity contribution in [2.24, 2.45) is 0 Å². The molecule has 0 aliphatic carbocycles. The van der Waals surface area contributed by atoms with E-state index in [-0.39, 0.29) is 12.0 Å². The van der Waals surface area contributed by atoms with Crippen molar-refractivity contribution in [1.82, 2.24) is 5.32 Å².